The number of nitrogens with zero attached hydrogens (tertiary/aromatic N) is 2. The van der Waals surface area contributed by atoms with E-state index in [1.165, 1.54) is 37.9 Å². The summed E-state index contributed by atoms with van der Waals surface area (Å²) in [5.41, 5.74) is 2.34. The first-order chi connectivity index (χ1) is 18.1. The largest absolute Gasteiger partial charge is 0.473 e. The summed E-state index contributed by atoms with van der Waals surface area (Å²) in [6, 6.07) is 11.7. The van der Waals surface area contributed by atoms with Gasteiger partial charge in [-0.3, -0.25) is 9.69 Å². The van der Waals surface area contributed by atoms with Gasteiger partial charge in [-0.25, -0.2) is 4.98 Å². The minimum absolute atomic E-state index is 0.0427. The van der Waals surface area contributed by atoms with Gasteiger partial charge in [-0.1, -0.05) is 36.2 Å². The molecule has 1 aromatic heterocycles. The smallest absolute Gasteiger partial charge is 0.220 e. The fourth-order valence-electron chi connectivity index (χ4n) is 4.01. The molecule has 0 aliphatic carbocycles. The third-order valence-electron chi connectivity index (χ3n) is 6.05. The van der Waals surface area contributed by atoms with E-state index in [2.05, 4.69) is 31.9 Å². The Balaban J connectivity index is 1.18. The van der Waals surface area contributed by atoms with Crippen molar-refractivity contribution in [1.29, 1.82) is 0 Å². The van der Waals surface area contributed by atoms with Crippen LogP contribution in [0.4, 0.5) is 0 Å². The van der Waals surface area contributed by atoms with E-state index in [0.29, 0.717) is 37.1 Å². The first-order valence-electron chi connectivity index (χ1n) is 13.1. The van der Waals surface area contributed by atoms with Gasteiger partial charge in [-0.2, -0.15) is 0 Å². The first-order valence-corrected chi connectivity index (χ1v) is 13.8. The average molecular weight is 544 g/mol. The van der Waals surface area contributed by atoms with Crippen molar-refractivity contribution in [1.82, 2.24) is 25.8 Å². The Kier molecular flexibility index (Phi) is 13.2. The number of rotatable bonds is 14. The highest BCUT2D eigenvalue weighted by atomic mass is 35.5. The average Bonchev–Trinajstić information content (AvgIpc) is 2.91. The second-order valence-corrected chi connectivity index (χ2v) is 9.96. The number of unbranched alkanes of at least 4 members (excludes halogenated alkanes) is 1. The maximum absolute atomic E-state index is 12.0. The standard InChI is InChI=1S/C28H38ClN5O2S/c29-25-11-9-23(10-12-25)21-33-28(37)32-15-3-2-8-26(35)30-14-4-7-19-36-27-20-24(13-16-31-27)22-34-17-5-1-6-18-34/h4,7,9-13,16,20H,1-3,5-6,8,14-15,17-19,21-22H2,(H,30,35)(H2,32,33,37)/b7-4-. The van der Waals surface area contributed by atoms with Crippen molar-refractivity contribution < 1.29 is 9.53 Å². The number of halogens is 1. The van der Waals surface area contributed by atoms with Crippen LogP contribution in [0, 0.1) is 0 Å². The van der Waals surface area contributed by atoms with E-state index in [1.807, 2.05) is 42.5 Å². The van der Waals surface area contributed by atoms with Crippen LogP contribution in [0.1, 0.15) is 49.7 Å². The molecular formula is C28H38ClN5O2S. The zero-order valence-corrected chi connectivity index (χ0v) is 23.0. The van der Waals surface area contributed by atoms with E-state index in [-0.39, 0.29) is 5.91 Å². The Bertz CT molecular complexity index is 996. The van der Waals surface area contributed by atoms with Crippen molar-refractivity contribution >= 4 is 34.8 Å². The summed E-state index contributed by atoms with van der Waals surface area (Å²) < 4.78 is 5.74. The molecule has 0 unspecified atom stereocenters. The van der Waals surface area contributed by atoms with Crippen LogP contribution in [-0.4, -0.2) is 53.7 Å². The Labute approximate surface area is 231 Å². The lowest BCUT2D eigenvalue weighted by Crippen LogP contribution is -2.35. The number of likely N-dealkylation sites (tertiary alicyclic amines) is 1. The zero-order valence-electron chi connectivity index (χ0n) is 21.4. The summed E-state index contributed by atoms with van der Waals surface area (Å²) >= 11 is 11.2. The highest BCUT2D eigenvalue weighted by molar-refractivity contribution is 7.80. The molecular weight excluding hydrogens is 506 g/mol. The quantitative estimate of drug-likeness (QED) is 0.182. The van der Waals surface area contributed by atoms with Gasteiger partial charge in [0.05, 0.1) is 0 Å². The van der Waals surface area contributed by atoms with E-state index in [4.69, 9.17) is 28.6 Å². The van der Waals surface area contributed by atoms with Gasteiger partial charge in [0.25, 0.3) is 0 Å². The number of amides is 1. The molecule has 7 nitrogen and oxygen atoms in total. The van der Waals surface area contributed by atoms with Crippen molar-refractivity contribution in [2.45, 2.75) is 51.6 Å². The van der Waals surface area contributed by atoms with Crippen molar-refractivity contribution in [2.75, 3.05) is 32.8 Å². The molecule has 2 heterocycles. The van der Waals surface area contributed by atoms with Crippen LogP contribution in [0.2, 0.25) is 5.02 Å². The minimum Gasteiger partial charge on any atom is -0.473 e. The van der Waals surface area contributed by atoms with Crippen molar-refractivity contribution in [2.24, 2.45) is 0 Å². The van der Waals surface area contributed by atoms with Gasteiger partial charge in [0.15, 0.2) is 5.11 Å². The van der Waals surface area contributed by atoms with Gasteiger partial charge >= 0.3 is 0 Å². The molecule has 1 fully saturated rings. The Hall–Kier alpha value is -2.68. The summed E-state index contributed by atoms with van der Waals surface area (Å²) in [6.45, 7) is 5.57. The molecule has 0 spiro atoms. The van der Waals surface area contributed by atoms with Crippen molar-refractivity contribution in [3.63, 3.8) is 0 Å². The SMILES string of the molecule is O=C(CCCCNC(=S)NCc1ccc(Cl)cc1)NC/C=C\COc1cc(CN2CCCCC2)ccn1. The van der Waals surface area contributed by atoms with E-state index >= 15 is 0 Å². The molecule has 200 valence electrons. The van der Waals surface area contributed by atoms with Crippen molar-refractivity contribution in [3.8, 4) is 5.88 Å². The summed E-state index contributed by atoms with van der Waals surface area (Å²) in [4.78, 5) is 18.8. The molecule has 1 aliphatic heterocycles. The molecule has 0 saturated carbocycles. The van der Waals surface area contributed by atoms with Crippen LogP contribution in [0.5, 0.6) is 5.88 Å². The predicted octanol–water partition coefficient (Wildman–Crippen LogP) is 4.61. The number of piperidine rings is 1. The number of aromatic nitrogens is 1. The molecule has 9 heteroatoms. The van der Waals surface area contributed by atoms with Crippen LogP contribution >= 0.6 is 23.8 Å². The minimum atomic E-state index is 0.0427. The third kappa shape index (κ3) is 12.4. The molecule has 2 aromatic rings. The fourth-order valence-corrected chi connectivity index (χ4v) is 4.31. The molecule has 3 N–H and O–H groups in total. The van der Waals surface area contributed by atoms with Crippen LogP contribution in [0.25, 0.3) is 0 Å². The number of nitrogens with one attached hydrogen (secondary N) is 3. The molecule has 0 atom stereocenters. The zero-order chi connectivity index (χ0) is 26.1. The lowest BCUT2D eigenvalue weighted by atomic mass is 10.1. The topological polar surface area (TPSA) is 78.5 Å². The molecule has 1 aliphatic rings. The Morgan fingerprint density at radius 1 is 1.03 bits per heavy atom. The number of benzene rings is 1. The summed E-state index contributed by atoms with van der Waals surface area (Å²) in [6.07, 6.45) is 11.7. The van der Waals surface area contributed by atoms with Crippen LogP contribution in [0.15, 0.2) is 54.7 Å². The third-order valence-corrected chi connectivity index (χ3v) is 6.59. The number of ether oxygens (including phenoxy) is 1. The predicted molar refractivity (Wildman–Crippen MR) is 154 cm³/mol. The lowest BCUT2D eigenvalue weighted by molar-refractivity contribution is -0.120. The highest BCUT2D eigenvalue weighted by Crippen LogP contribution is 2.15. The van der Waals surface area contributed by atoms with E-state index < -0.39 is 0 Å². The number of carbonyl (C=O) groups excluding carboxylic acids is 1. The van der Waals surface area contributed by atoms with Gasteiger partial charge < -0.3 is 20.7 Å². The molecule has 0 radical (unpaired) electrons. The van der Waals surface area contributed by atoms with Gasteiger partial charge in [0.1, 0.15) is 6.61 Å². The molecule has 1 amide bonds. The molecule has 1 saturated heterocycles. The molecule has 1 aromatic carbocycles. The van der Waals surface area contributed by atoms with Crippen molar-refractivity contribution in [3.05, 3.63) is 70.9 Å². The number of hydrogen-bond donors (Lipinski definition) is 3. The van der Waals surface area contributed by atoms with Crippen LogP contribution in [-0.2, 0) is 17.9 Å². The molecule has 37 heavy (non-hydrogen) atoms. The number of thiocarbonyl (C=S) groups is 1. The number of hydrogen-bond acceptors (Lipinski definition) is 5. The molecule has 3 rings (SSSR count). The summed E-state index contributed by atoms with van der Waals surface area (Å²) in [5, 5.41) is 10.6. The van der Waals surface area contributed by atoms with Gasteiger partial charge in [-0.15, -0.1) is 0 Å². The summed E-state index contributed by atoms with van der Waals surface area (Å²) in [7, 11) is 0. The van der Waals surface area contributed by atoms with Crippen LogP contribution in [0.3, 0.4) is 0 Å². The summed E-state index contributed by atoms with van der Waals surface area (Å²) in [5.74, 6) is 0.678. The molecule has 0 bridgehead atoms. The van der Waals surface area contributed by atoms with Gasteiger partial charge in [0.2, 0.25) is 11.8 Å². The number of carbonyl (C=O) groups is 1. The Morgan fingerprint density at radius 2 is 1.84 bits per heavy atom. The normalized spacial score (nSPS) is 13.9. The fraction of sp³-hybridized carbons (Fsp3) is 0.464. The van der Waals surface area contributed by atoms with Crippen LogP contribution < -0.4 is 20.7 Å². The number of pyridine rings is 1. The maximum Gasteiger partial charge on any atom is 0.220 e. The highest BCUT2D eigenvalue weighted by Gasteiger charge is 2.10. The van der Waals surface area contributed by atoms with Gasteiger partial charge in [0, 0.05) is 49.9 Å². The van der Waals surface area contributed by atoms with E-state index in [0.717, 1.165) is 36.5 Å². The maximum atomic E-state index is 12.0. The Morgan fingerprint density at radius 3 is 2.65 bits per heavy atom. The second kappa shape index (κ2) is 16.9. The first kappa shape index (κ1) is 28.9. The second-order valence-electron chi connectivity index (χ2n) is 9.12. The van der Waals surface area contributed by atoms with E-state index in [1.54, 1.807) is 6.20 Å². The van der Waals surface area contributed by atoms with E-state index in [9.17, 15) is 4.79 Å². The lowest BCUT2D eigenvalue weighted by Gasteiger charge is -2.26. The van der Waals surface area contributed by atoms with Gasteiger partial charge in [-0.05, 0) is 86.4 Å². The monoisotopic (exact) mass is 543 g/mol.